The van der Waals surface area contributed by atoms with Gasteiger partial charge in [-0.1, -0.05) is 29.5 Å². The molecule has 2 aromatic carbocycles. The van der Waals surface area contributed by atoms with Crippen molar-refractivity contribution in [2.24, 2.45) is 10.9 Å². The number of tetrazole rings is 1. The molecule has 16 nitrogen and oxygen atoms in total. The molecule has 0 bridgehead atoms. The number of nitrogens with two attached hydrogens (primary N) is 3. The number of halogens is 3. The first-order valence-corrected chi connectivity index (χ1v) is 15.6. The minimum Gasteiger partial charge on any atom is -0.475 e. The van der Waals surface area contributed by atoms with Crippen molar-refractivity contribution in [2.75, 3.05) is 32.0 Å². The number of para-hydroxylation sites is 1. The van der Waals surface area contributed by atoms with Crippen LogP contribution in [-0.4, -0.2) is 96.3 Å². The van der Waals surface area contributed by atoms with Gasteiger partial charge in [0.05, 0.1) is 28.5 Å². The summed E-state index contributed by atoms with van der Waals surface area (Å²) in [4.78, 5) is 12.1. The van der Waals surface area contributed by atoms with Crippen molar-refractivity contribution in [1.82, 2.24) is 29.9 Å². The van der Waals surface area contributed by atoms with Gasteiger partial charge in [0.25, 0.3) is 0 Å². The highest BCUT2D eigenvalue weighted by Gasteiger charge is 2.39. The predicted octanol–water partition coefficient (Wildman–Crippen LogP) is 0.355. The number of aromatic amines is 1. The third-order valence-electron chi connectivity index (χ3n) is 5.93. The van der Waals surface area contributed by atoms with E-state index in [2.05, 4.69) is 25.6 Å². The molecule has 1 saturated heterocycles. The predicted molar refractivity (Wildman–Crippen MR) is 145 cm³/mol. The number of carboxylic acids is 1. The van der Waals surface area contributed by atoms with Gasteiger partial charge < -0.3 is 21.3 Å². The number of primary sulfonamides is 1. The Labute approximate surface area is 244 Å². The lowest BCUT2D eigenvalue weighted by Crippen LogP contribution is -2.48. The number of ether oxygens (including phenoxy) is 1. The van der Waals surface area contributed by atoms with Gasteiger partial charge in [-0.2, -0.15) is 22.7 Å². The Bertz CT molecular complexity index is 1870. The number of hydrogen-bond acceptors (Lipinski definition) is 13. The van der Waals surface area contributed by atoms with Crippen molar-refractivity contribution in [2.45, 2.75) is 22.1 Å². The normalized spacial score (nSPS) is 16.5. The van der Waals surface area contributed by atoms with Gasteiger partial charge in [-0.05, 0) is 22.9 Å². The van der Waals surface area contributed by atoms with Crippen molar-refractivity contribution in [3.05, 3.63) is 30.3 Å². The van der Waals surface area contributed by atoms with E-state index < -0.39 is 48.1 Å². The average Bonchev–Trinajstić information content (AvgIpc) is 3.60. The van der Waals surface area contributed by atoms with Crippen molar-refractivity contribution < 1.29 is 44.6 Å². The number of nitrogens with one attached hydrogen (secondary N) is 1. The van der Waals surface area contributed by atoms with Crippen LogP contribution >= 0.6 is 11.3 Å². The Balaban J connectivity index is 0.000000541. The number of fused-ring (bicyclic) bond motifs is 1. The number of benzene rings is 2. The van der Waals surface area contributed by atoms with Gasteiger partial charge in [0, 0.05) is 25.2 Å². The Morgan fingerprint density at radius 3 is 2.47 bits per heavy atom. The smallest absolute Gasteiger partial charge is 0.475 e. The summed E-state index contributed by atoms with van der Waals surface area (Å²) >= 11 is 1.25. The number of carboxylic acid groups (broad SMARTS) is 1. The summed E-state index contributed by atoms with van der Waals surface area (Å²) in [6.45, 7) is 0.177. The molecule has 1 unspecified atom stereocenters. The molecule has 22 heteroatoms. The maximum Gasteiger partial charge on any atom is 0.490 e. The fourth-order valence-corrected chi connectivity index (χ4v) is 7.93. The molecule has 0 radical (unpaired) electrons. The van der Waals surface area contributed by atoms with E-state index >= 15 is 0 Å². The molecular weight excluding hydrogens is 643 g/mol. The number of H-pyrrole nitrogens is 1. The van der Waals surface area contributed by atoms with E-state index in [0.29, 0.717) is 16.2 Å². The zero-order valence-corrected chi connectivity index (χ0v) is 24.0. The van der Waals surface area contributed by atoms with Crippen molar-refractivity contribution in [3.63, 3.8) is 0 Å². The molecular formula is C21H22F3N9O7S3. The fraction of sp³-hybridized carbons (Fsp3) is 0.286. The monoisotopic (exact) mass is 665 g/mol. The van der Waals surface area contributed by atoms with Crippen LogP contribution in [0.5, 0.6) is 0 Å². The van der Waals surface area contributed by atoms with Crippen LogP contribution in [-0.2, 0) is 29.6 Å². The quantitative estimate of drug-likeness (QED) is 0.186. The summed E-state index contributed by atoms with van der Waals surface area (Å²) in [6.07, 6.45) is -5.62. The number of sulfonamides is 2. The number of nitrogens with zero attached hydrogens (tertiary/aromatic N) is 5. The highest BCUT2D eigenvalue weighted by molar-refractivity contribution is 7.92. The van der Waals surface area contributed by atoms with Gasteiger partial charge in [0.2, 0.25) is 25.9 Å². The molecule has 0 amide bonds. The summed E-state index contributed by atoms with van der Waals surface area (Å²) < 4.78 is 92.5. The maximum absolute atomic E-state index is 13.7. The Hall–Kier alpha value is -3.80. The maximum atomic E-state index is 13.7. The van der Waals surface area contributed by atoms with Crippen LogP contribution in [0.25, 0.3) is 32.7 Å². The lowest BCUT2D eigenvalue weighted by molar-refractivity contribution is -0.192. The zero-order chi connectivity index (χ0) is 31.7. The minimum absolute atomic E-state index is 0.0135. The summed E-state index contributed by atoms with van der Waals surface area (Å²) in [5.74, 6) is -2.92. The molecule has 8 N–H and O–H groups in total. The summed E-state index contributed by atoms with van der Waals surface area (Å²) in [7, 11) is -8.99. The van der Waals surface area contributed by atoms with Crippen LogP contribution < -0.4 is 16.6 Å². The number of alkyl halides is 3. The first-order valence-electron chi connectivity index (χ1n) is 11.8. The van der Waals surface area contributed by atoms with Crippen LogP contribution in [0, 0.1) is 0 Å². The number of aliphatic carboxylic acids is 1. The highest BCUT2D eigenvalue weighted by atomic mass is 32.2. The third-order valence-corrected chi connectivity index (χ3v) is 9.81. The first kappa shape index (κ1) is 32.1. The zero-order valence-electron chi connectivity index (χ0n) is 21.5. The number of rotatable bonds is 6. The van der Waals surface area contributed by atoms with Gasteiger partial charge >= 0.3 is 12.1 Å². The molecule has 43 heavy (non-hydrogen) atoms. The minimum atomic E-state index is -5.08. The second-order valence-electron chi connectivity index (χ2n) is 8.69. The number of morpholine rings is 1. The molecule has 0 aliphatic carbocycles. The van der Waals surface area contributed by atoms with Crippen LogP contribution in [0.1, 0.15) is 0 Å². The molecule has 232 valence electrons. The lowest BCUT2D eigenvalue weighted by atomic mass is 9.98. The van der Waals surface area contributed by atoms with Crippen molar-refractivity contribution in [1.29, 1.82) is 0 Å². The number of nitrogen functional groups attached to an aromatic ring is 1. The number of anilines is 1. The van der Waals surface area contributed by atoms with Crippen molar-refractivity contribution >= 4 is 52.7 Å². The van der Waals surface area contributed by atoms with Crippen molar-refractivity contribution in [3.8, 4) is 22.5 Å². The molecule has 1 fully saturated rings. The van der Waals surface area contributed by atoms with Gasteiger partial charge in [0.15, 0.2) is 5.13 Å². The summed E-state index contributed by atoms with van der Waals surface area (Å²) in [5, 5.41) is 26.7. The molecule has 0 spiro atoms. The van der Waals surface area contributed by atoms with Crippen LogP contribution in [0.15, 0.2) is 40.1 Å². The van der Waals surface area contributed by atoms with E-state index in [1.165, 1.54) is 23.5 Å². The van der Waals surface area contributed by atoms with Gasteiger partial charge in [-0.25, -0.2) is 31.8 Å². The van der Waals surface area contributed by atoms with Crippen LogP contribution in [0.4, 0.5) is 18.3 Å². The Morgan fingerprint density at radius 1 is 1.19 bits per heavy atom. The van der Waals surface area contributed by atoms with Crippen LogP contribution in [0.3, 0.4) is 0 Å². The largest absolute Gasteiger partial charge is 0.490 e. The third kappa shape index (κ3) is 6.74. The number of aromatic nitrogens is 5. The summed E-state index contributed by atoms with van der Waals surface area (Å²) in [6, 6.07) is 7.94. The number of thiazole rings is 1. The molecule has 3 heterocycles. The number of hydrogen-bond donors (Lipinski definition) is 5. The van der Waals surface area contributed by atoms with E-state index in [0.717, 1.165) is 9.01 Å². The van der Waals surface area contributed by atoms with E-state index in [-0.39, 0.29) is 43.2 Å². The van der Waals surface area contributed by atoms with E-state index in [9.17, 15) is 30.0 Å². The molecule has 0 saturated carbocycles. The lowest BCUT2D eigenvalue weighted by Gasteiger charge is -2.32. The molecule has 2 aromatic heterocycles. The topological polar surface area (TPSA) is 263 Å². The van der Waals surface area contributed by atoms with Gasteiger partial charge in [-0.15, -0.1) is 10.2 Å². The molecule has 1 atom stereocenters. The van der Waals surface area contributed by atoms with Crippen LogP contribution in [0.2, 0.25) is 0 Å². The molecule has 1 aliphatic rings. The Kier molecular flexibility index (Phi) is 9.01. The number of carbonyl (C=O) groups is 1. The van der Waals surface area contributed by atoms with E-state index in [4.69, 9.17) is 31.2 Å². The second kappa shape index (κ2) is 12.1. The van der Waals surface area contributed by atoms with E-state index in [1.807, 2.05) is 6.07 Å². The van der Waals surface area contributed by atoms with Gasteiger partial charge in [-0.3, -0.25) is 0 Å². The van der Waals surface area contributed by atoms with Gasteiger partial charge in [0.1, 0.15) is 9.79 Å². The fourth-order valence-electron chi connectivity index (χ4n) is 4.14. The first-order chi connectivity index (χ1) is 20.1. The Morgan fingerprint density at radius 2 is 1.88 bits per heavy atom. The van der Waals surface area contributed by atoms with E-state index in [1.54, 1.807) is 12.1 Å². The summed E-state index contributed by atoms with van der Waals surface area (Å²) in [5.41, 5.74) is 12.7. The average molecular weight is 666 g/mol. The SMILES string of the molecule is NCC1CN(S(=O)(=O)c2ccc(-c3cccc4sc(N)nc34)c(-c3nn[nH]n3)c2S(N)(=O)=O)CCO1.O=C(O)C(F)(F)F. The molecule has 4 aromatic rings. The standard InChI is InChI=1S/C19H21N9O5S3.C2HF3O2/c20-8-10-9-28(6-7-33-10)36(31,32)14-5-4-11(12-2-1-3-13-16(12)23-19(21)34-13)15(17(14)35(22,29)30)18-24-26-27-25-18;3-2(4,5)1(6)7/h1-5,10H,6-9,20H2,(H2,21,23)(H2,22,29,30)(H,24,25,26,27);(H,6,7). The molecule has 5 rings (SSSR count). The highest BCUT2D eigenvalue weighted by Crippen LogP contribution is 2.42. The molecule has 1 aliphatic heterocycles. The second-order valence-corrected chi connectivity index (χ2v) is 13.2.